The molecule has 3 nitrogen and oxygen atoms in total. The number of nitrogens with zero attached hydrogens (tertiary/aromatic N) is 2. The zero-order valence-corrected chi connectivity index (χ0v) is 20.1. The van der Waals surface area contributed by atoms with Gasteiger partial charge in [-0.2, -0.15) is 0 Å². The molecule has 168 valence electrons. The molecule has 0 N–H and O–H groups in total. The largest absolute Gasteiger partial charge is 0.309 e. The summed E-state index contributed by atoms with van der Waals surface area (Å²) in [5.74, 6) is 0.192. The van der Waals surface area contributed by atoms with Crippen LogP contribution < -0.4 is 0 Å². The summed E-state index contributed by atoms with van der Waals surface area (Å²) in [7, 11) is 4.06. The molecule has 0 saturated carbocycles. The Morgan fingerprint density at radius 2 is 1.55 bits per heavy atom. The lowest BCUT2D eigenvalue weighted by Crippen LogP contribution is -2.14. The smallest absolute Gasteiger partial charge is 0.162 e. The van der Waals surface area contributed by atoms with Crippen LogP contribution in [0.5, 0.6) is 0 Å². The maximum atomic E-state index is 12.6. The van der Waals surface area contributed by atoms with E-state index >= 15 is 0 Å². The summed E-state index contributed by atoms with van der Waals surface area (Å²) in [6.45, 7) is 3.04. The van der Waals surface area contributed by atoms with Crippen LogP contribution in [0.4, 0.5) is 0 Å². The highest BCUT2D eigenvalue weighted by Crippen LogP contribution is 2.34. The molecule has 1 heterocycles. The maximum Gasteiger partial charge on any atom is 0.162 e. The lowest BCUT2D eigenvalue weighted by molar-refractivity contribution is 0.0977. The van der Waals surface area contributed by atoms with Gasteiger partial charge in [-0.15, -0.1) is 0 Å². The third kappa shape index (κ3) is 5.27. The zero-order chi connectivity index (χ0) is 23.4. The van der Waals surface area contributed by atoms with E-state index in [-0.39, 0.29) is 5.78 Å². The Labute approximate surface area is 201 Å². The van der Waals surface area contributed by atoms with Crippen molar-refractivity contribution >= 4 is 17.4 Å². The van der Waals surface area contributed by atoms with Crippen LogP contribution in [-0.4, -0.2) is 35.9 Å². The van der Waals surface area contributed by atoms with E-state index in [1.165, 1.54) is 5.56 Å². The van der Waals surface area contributed by atoms with E-state index < -0.39 is 0 Å². The quantitative estimate of drug-likeness (QED) is 0.260. The van der Waals surface area contributed by atoms with Gasteiger partial charge in [0.05, 0.1) is 11.4 Å². The van der Waals surface area contributed by atoms with E-state index in [2.05, 4.69) is 58.9 Å². The summed E-state index contributed by atoms with van der Waals surface area (Å²) in [5.41, 5.74) is 7.35. The summed E-state index contributed by atoms with van der Waals surface area (Å²) in [5, 5.41) is 0.712. The van der Waals surface area contributed by atoms with Crippen molar-refractivity contribution in [3.8, 4) is 28.2 Å². The fraction of sp³-hybridized carbons (Fsp3) is 0.207. The van der Waals surface area contributed by atoms with Crippen molar-refractivity contribution < 1.29 is 4.79 Å². The molecule has 0 saturated heterocycles. The number of halogens is 1. The van der Waals surface area contributed by atoms with Gasteiger partial charge in [-0.25, -0.2) is 0 Å². The monoisotopic (exact) mass is 456 g/mol. The topological polar surface area (TPSA) is 25.2 Å². The van der Waals surface area contributed by atoms with Gasteiger partial charge in [0, 0.05) is 22.7 Å². The Bertz CT molecular complexity index is 1250. The molecule has 0 unspecified atom stereocenters. The number of hydrogen-bond donors (Lipinski definition) is 0. The van der Waals surface area contributed by atoms with Crippen molar-refractivity contribution in [3.05, 3.63) is 101 Å². The highest BCUT2D eigenvalue weighted by atomic mass is 35.5. The SMILES string of the molecule is Cc1ccccc1-n1c(-c2ccc(C(=O)CCCN(C)C)cc2)ccc1-c1cccc(Cl)c1. The number of benzene rings is 3. The van der Waals surface area contributed by atoms with Crippen LogP contribution in [0.25, 0.3) is 28.2 Å². The molecular formula is C29H29ClN2O. The molecule has 0 bridgehead atoms. The first-order chi connectivity index (χ1) is 15.9. The Kier molecular flexibility index (Phi) is 7.12. The molecule has 3 aromatic carbocycles. The predicted molar refractivity (Wildman–Crippen MR) is 139 cm³/mol. The van der Waals surface area contributed by atoms with Gasteiger partial charge >= 0.3 is 0 Å². The van der Waals surface area contributed by atoms with Crippen molar-refractivity contribution in [2.24, 2.45) is 0 Å². The van der Waals surface area contributed by atoms with Crippen molar-refractivity contribution in [1.82, 2.24) is 9.47 Å². The molecule has 0 fully saturated rings. The minimum atomic E-state index is 0.192. The maximum absolute atomic E-state index is 12.6. The van der Waals surface area contributed by atoms with Gasteiger partial charge in [-0.1, -0.05) is 66.2 Å². The molecule has 4 rings (SSSR count). The first kappa shape index (κ1) is 23.0. The predicted octanol–water partition coefficient (Wildman–Crippen LogP) is 7.30. The number of rotatable bonds is 8. The van der Waals surface area contributed by atoms with Crippen molar-refractivity contribution in [3.63, 3.8) is 0 Å². The first-order valence-electron chi connectivity index (χ1n) is 11.3. The lowest BCUT2D eigenvalue weighted by atomic mass is 10.0. The molecule has 0 amide bonds. The van der Waals surface area contributed by atoms with Crippen LogP contribution in [0, 0.1) is 6.92 Å². The van der Waals surface area contributed by atoms with Crippen LogP contribution in [0.1, 0.15) is 28.8 Å². The third-order valence-electron chi connectivity index (χ3n) is 5.87. The molecule has 4 heteroatoms. The summed E-state index contributed by atoms with van der Waals surface area (Å²) < 4.78 is 2.27. The molecule has 0 spiro atoms. The van der Waals surface area contributed by atoms with Gasteiger partial charge in [0.1, 0.15) is 0 Å². The number of aryl methyl sites for hydroxylation is 1. The number of ketones is 1. The number of carbonyl (C=O) groups is 1. The van der Waals surface area contributed by atoms with Crippen LogP contribution in [-0.2, 0) is 0 Å². The number of Topliss-reactive ketones (excluding diaryl/α,β-unsaturated/α-hetero) is 1. The zero-order valence-electron chi connectivity index (χ0n) is 19.4. The molecule has 0 aliphatic rings. The summed E-state index contributed by atoms with van der Waals surface area (Å²) in [6, 6.07) is 28.6. The highest BCUT2D eigenvalue weighted by molar-refractivity contribution is 6.30. The Morgan fingerprint density at radius 3 is 2.21 bits per heavy atom. The Morgan fingerprint density at radius 1 is 0.848 bits per heavy atom. The van der Waals surface area contributed by atoms with E-state index in [9.17, 15) is 4.79 Å². The van der Waals surface area contributed by atoms with Crippen LogP contribution in [0.2, 0.25) is 5.02 Å². The van der Waals surface area contributed by atoms with Gasteiger partial charge in [-0.05, 0) is 81.0 Å². The van der Waals surface area contributed by atoms with E-state index in [0.29, 0.717) is 11.4 Å². The van der Waals surface area contributed by atoms with Crippen molar-refractivity contribution in [2.45, 2.75) is 19.8 Å². The van der Waals surface area contributed by atoms with Crippen LogP contribution in [0.3, 0.4) is 0 Å². The minimum Gasteiger partial charge on any atom is -0.309 e. The van der Waals surface area contributed by atoms with Gasteiger partial charge in [0.2, 0.25) is 0 Å². The summed E-state index contributed by atoms with van der Waals surface area (Å²) in [4.78, 5) is 14.7. The van der Waals surface area contributed by atoms with Crippen LogP contribution >= 0.6 is 11.6 Å². The molecular weight excluding hydrogens is 428 g/mol. The number of carbonyl (C=O) groups excluding carboxylic acids is 1. The van der Waals surface area contributed by atoms with Gasteiger partial charge in [0.15, 0.2) is 5.78 Å². The van der Waals surface area contributed by atoms with Crippen molar-refractivity contribution in [2.75, 3.05) is 20.6 Å². The Hall–Kier alpha value is -3.14. The molecule has 0 aliphatic carbocycles. The van der Waals surface area contributed by atoms with Crippen LogP contribution in [0.15, 0.2) is 84.9 Å². The van der Waals surface area contributed by atoms with Gasteiger partial charge in [-0.3, -0.25) is 4.79 Å². The molecule has 0 radical (unpaired) electrons. The molecule has 0 aliphatic heterocycles. The molecule has 0 atom stereocenters. The molecule has 33 heavy (non-hydrogen) atoms. The average Bonchev–Trinajstić information content (AvgIpc) is 3.24. The third-order valence-corrected chi connectivity index (χ3v) is 6.10. The average molecular weight is 457 g/mol. The van der Waals surface area contributed by atoms with Crippen molar-refractivity contribution in [1.29, 1.82) is 0 Å². The Balaban J connectivity index is 1.72. The second-order valence-electron chi connectivity index (χ2n) is 8.64. The van der Waals surface area contributed by atoms with Gasteiger partial charge in [0.25, 0.3) is 0 Å². The highest BCUT2D eigenvalue weighted by Gasteiger charge is 2.16. The normalized spacial score (nSPS) is 11.2. The van der Waals surface area contributed by atoms with Gasteiger partial charge < -0.3 is 9.47 Å². The second kappa shape index (κ2) is 10.2. The first-order valence-corrected chi connectivity index (χ1v) is 11.6. The number of para-hydroxylation sites is 1. The van der Waals surface area contributed by atoms with E-state index in [0.717, 1.165) is 46.7 Å². The van der Waals surface area contributed by atoms with E-state index in [1.54, 1.807) is 0 Å². The number of aromatic nitrogens is 1. The summed E-state index contributed by atoms with van der Waals surface area (Å²) in [6.07, 6.45) is 1.43. The fourth-order valence-corrected chi connectivity index (χ4v) is 4.33. The fourth-order valence-electron chi connectivity index (χ4n) is 4.14. The second-order valence-corrected chi connectivity index (χ2v) is 9.08. The van der Waals surface area contributed by atoms with E-state index in [1.807, 2.05) is 56.6 Å². The minimum absolute atomic E-state index is 0.192. The molecule has 4 aromatic rings. The standard InChI is InChI=1S/C29H29ClN2O/c1-21-8-4-5-11-26(21)32-27(17-18-28(32)24-9-6-10-25(30)20-24)22-13-15-23(16-14-22)29(33)12-7-19-31(2)3/h4-6,8-11,13-18,20H,7,12,19H2,1-3H3. The van der Waals surface area contributed by atoms with E-state index in [4.69, 9.17) is 11.6 Å². The lowest BCUT2D eigenvalue weighted by Gasteiger charge is -2.17. The summed E-state index contributed by atoms with van der Waals surface area (Å²) >= 11 is 6.30. The number of hydrogen-bond acceptors (Lipinski definition) is 2. The molecule has 1 aromatic heterocycles.